The van der Waals surface area contributed by atoms with Crippen molar-refractivity contribution < 1.29 is 18.0 Å². The molecular formula is C13H15F3N2O. The van der Waals surface area contributed by atoms with Crippen LogP contribution in [0.2, 0.25) is 0 Å². The summed E-state index contributed by atoms with van der Waals surface area (Å²) in [6.45, 7) is 1.02. The molecule has 1 aromatic rings. The van der Waals surface area contributed by atoms with E-state index in [-0.39, 0.29) is 11.6 Å². The summed E-state index contributed by atoms with van der Waals surface area (Å²) in [4.78, 5) is 13.6. The third kappa shape index (κ3) is 2.89. The third-order valence-electron chi connectivity index (χ3n) is 3.35. The maximum Gasteiger partial charge on any atom is 0.254 e. The topological polar surface area (TPSA) is 32.3 Å². The molecule has 1 heterocycles. The SMILES string of the molecule is CNC1CCCN(C(=O)c2cc(F)c(F)c(F)c2)C1. The maximum atomic E-state index is 13.1. The zero-order valence-corrected chi connectivity index (χ0v) is 10.5. The number of carbonyl (C=O) groups is 1. The summed E-state index contributed by atoms with van der Waals surface area (Å²) in [5, 5.41) is 3.07. The molecule has 1 fully saturated rings. The number of hydrogen-bond acceptors (Lipinski definition) is 2. The van der Waals surface area contributed by atoms with Crippen LogP contribution in [0.3, 0.4) is 0 Å². The van der Waals surface area contributed by atoms with Crippen molar-refractivity contribution in [2.75, 3.05) is 20.1 Å². The minimum Gasteiger partial charge on any atom is -0.337 e. The molecule has 3 nitrogen and oxygen atoms in total. The van der Waals surface area contributed by atoms with Crippen LogP contribution < -0.4 is 5.32 Å². The normalized spacial score (nSPS) is 19.6. The Hall–Kier alpha value is -1.56. The summed E-state index contributed by atoms with van der Waals surface area (Å²) in [6.07, 6.45) is 1.77. The maximum absolute atomic E-state index is 13.1. The summed E-state index contributed by atoms with van der Waals surface area (Å²) < 4.78 is 39.1. The Balaban J connectivity index is 2.19. The summed E-state index contributed by atoms with van der Waals surface area (Å²) >= 11 is 0. The monoisotopic (exact) mass is 272 g/mol. The molecule has 1 saturated heterocycles. The van der Waals surface area contributed by atoms with Crippen LogP contribution in [0.5, 0.6) is 0 Å². The van der Waals surface area contributed by atoms with Gasteiger partial charge in [0.15, 0.2) is 17.5 Å². The van der Waals surface area contributed by atoms with Gasteiger partial charge in [-0.15, -0.1) is 0 Å². The predicted molar refractivity (Wildman–Crippen MR) is 64.3 cm³/mol. The van der Waals surface area contributed by atoms with Gasteiger partial charge in [0.25, 0.3) is 5.91 Å². The number of hydrogen-bond donors (Lipinski definition) is 1. The minimum absolute atomic E-state index is 0.159. The Bertz CT molecular complexity index is 470. The van der Waals surface area contributed by atoms with Crippen LogP contribution >= 0.6 is 0 Å². The fourth-order valence-electron chi connectivity index (χ4n) is 2.26. The molecule has 1 aromatic carbocycles. The predicted octanol–water partition coefficient (Wildman–Crippen LogP) is 1.93. The van der Waals surface area contributed by atoms with E-state index >= 15 is 0 Å². The molecule has 0 saturated carbocycles. The van der Waals surface area contributed by atoms with Crippen molar-refractivity contribution in [2.45, 2.75) is 18.9 Å². The van der Waals surface area contributed by atoms with E-state index in [4.69, 9.17) is 0 Å². The summed E-state index contributed by atoms with van der Waals surface area (Å²) in [5.74, 6) is -4.71. The number of nitrogens with one attached hydrogen (secondary N) is 1. The van der Waals surface area contributed by atoms with Crippen LogP contribution in [0.1, 0.15) is 23.2 Å². The molecule has 1 amide bonds. The molecule has 1 N–H and O–H groups in total. The first-order chi connectivity index (χ1) is 9.02. The number of carbonyl (C=O) groups excluding carboxylic acids is 1. The van der Waals surface area contributed by atoms with Crippen molar-refractivity contribution in [1.82, 2.24) is 10.2 Å². The van der Waals surface area contributed by atoms with E-state index in [0.717, 1.165) is 25.0 Å². The fraction of sp³-hybridized carbons (Fsp3) is 0.462. The first kappa shape index (κ1) is 13.9. The van der Waals surface area contributed by atoms with Crippen LogP contribution in [-0.4, -0.2) is 37.0 Å². The number of piperidine rings is 1. The quantitative estimate of drug-likeness (QED) is 0.834. The second-order valence-corrected chi connectivity index (χ2v) is 4.63. The number of halogens is 3. The molecule has 0 aliphatic carbocycles. The van der Waals surface area contributed by atoms with Crippen molar-refractivity contribution >= 4 is 5.91 Å². The van der Waals surface area contributed by atoms with E-state index < -0.39 is 23.4 Å². The number of nitrogens with zero attached hydrogens (tertiary/aromatic N) is 1. The fourth-order valence-corrected chi connectivity index (χ4v) is 2.26. The van der Waals surface area contributed by atoms with Gasteiger partial charge in [0, 0.05) is 24.7 Å². The van der Waals surface area contributed by atoms with E-state index in [1.54, 1.807) is 7.05 Å². The van der Waals surface area contributed by atoms with Crippen molar-refractivity contribution in [1.29, 1.82) is 0 Å². The summed E-state index contributed by atoms with van der Waals surface area (Å²) in [6, 6.07) is 1.65. The van der Waals surface area contributed by atoms with Gasteiger partial charge in [-0.3, -0.25) is 4.79 Å². The molecule has 1 aliphatic rings. The van der Waals surface area contributed by atoms with Gasteiger partial charge >= 0.3 is 0 Å². The largest absolute Gasteiger partial charge is 0.337 e. The lowest BCUT2D eigenvalue weighted by molar-refractivity contribution is 0.0697. The zero-order valence-electron chi connectivity index (χ0n) is 10.5. The van der Waals surface area contributed by atoms with Crippen LogP contribution in [0, 0.1) is 17.5 Å². The van der Waals surface area contributed by atoms with Gasteiger partial charge in [0.05, 0.1) is 0 Å². The molecular weight excluding hydrogens is 257 g/mol. The van der Waals surface area contributed by atoms with E-state index in [9.17, 15) is 18.0 Å². The van der Waals surface area contributed by atoms with Crippen molar-refractivity contribution in [3.8, 4) is 0 Å². The number of likely N-dealkylation sites (N-methyl/N-ethyl adjacent to an activating group) is 1. The van der Waals surface area contributed by atoms with Gasteiger partial charge in [-0.25, -0.2) is 13.2 Å². The Morgan fingerprint density at radius 2 is 1.95 bits per heavy atom. The average molecular weight is 272 g/mol. The molecule has 0 aromatic heterocycles. The van der Waals surface area contributed by atoms with Crippen molar-refractivity contribution in [2.24, 2.45) is 0 Å². The smallest absolute Gasteiger partial charge is 0.254 e. The van der Waals surface area contributed by atoms with Crippen LogP contribution in [0.25, 0.3) is 0 Å². The van der Waals surface area contributed by atoms with Gasteiger partial charge in [0.1, 0.15) is 0 Å². The van der Waals surface area contributed by atoms with Gasteiger partial charge in [-0.2, -0.15) is 0 Å². The minimum atomic E-state index is -1.55. The van der Waals surface area contributed by atoms with Gasteiger partial charge < -0.3 is 10.2 Å². The molecule has 0 spiro atoms. The molecule has 1 atom stereocenters. The highest BCUT2D eigenvalue weighted by atomic mass is 19.2. The highest BCUT2D eigenvalue weighted by Gasteiger charge is 2.25. The first-order valence-corrected chi connectivity index (χ1v) is 6.14. The Morgan fingerprint density at radius 1 is 1.32 bits per heavy atom. The second kappa shape index (κ2) is 5.61. The second-order valence-electron chi connectivity index (χ2n) is 4.63. The first-order valence-electron chi connectivity index (χ1n) is 6.14. The molecule has 1 unspecified atom stereocenters. The molecule has 19 heavy (non-hydrogen) atoms. The Labute approximate surface area is 109 Å². The highest BCUT2D eigenvalue weighted by Crippen LogP contribution is 2.18. The van der Waals surface area contributed by atoms with E-state index in [1.165, 1.54) is 4.90 Å². The molecule has 6 heteroatoms. The van der Waals surface area contributed by atoms with Crippen LogP contribution in [0.4, 0.5) is 13.2 Å². The van der Waals surface area contributed by atoms with Crippen molar-refractivity contribution in [3.63, 3.8) is 0 Å². The number of likely N-dealkylation sites (tertiary alicyclic amines) is 1. The van der Waals surface area contributed by atoms with E-state index in [0.29, 0.717) is 13.1 Å². The molecule has 0 bridgehead atoms. The standard InChI is InChI=1S/C13H15F3N2O/c1-17-9-3-2-4-18(7-9)13(19)8-5-10(14)12(16)11(15)6-8/h5-6,9,17H,2-4,7H2,1H3. The van der Waals surface area contributed by atoms with E-state index in [1.807, 2.05) is 0 Å². The molecule has 0 radical (unpaired) electrons. The lowest BCUT2D eigenvalue weighted by atomic mass is 10.0. The van der Waals surface area contributed by atoms with Crippen LogP contribution in [0.15, 0.2) is 12.1 Å². The van der Waals surface area contributed by atoms with Crippen molar-refractivity contribution in [3.05, 3.63) is 35.1 Å². The number of amides is 1. The Kier molecular flexibility index (Phi) is 4.09. The van der Waals surface area contributed by atoms with Gasteiger partial charge in [-0.1, -0.05) is 0 Å². The molecule has 104 valence electrons. The number of rotatable bonds is 2. The van der Waals surface area contributed by atoms with E-state index in [2.05, 4.69) is 5.32 Å². The van der Waals surface area contributed by atoms with Gasteiger partial charge in [-0.05, 0) is 32.0 Å². The third-order valence-corrected chi connectivity index (χ3v) is 3.35. The lowest BCUT2D eigenvalue weighted by Crippen LogP contribution is -2.47. The van der Waals surface area contributed by atoms with Gasteiger partial charge in [0.2, 0.25) is 0 Å². The highest BCUT2D eigenvalue weighted by molar-refractivity contribution is 5.94. The average Bonchev–Trinajstić information content (AvgIpc) is 2.43. The lowest BCUT2D eigenvalue weighted by Gasteiger charge is -2.32. The molecule has 2 rings (SSSR count). The molecule has 1 aliphatic heterocycles. The summed E-state index contributed by atoms with van der Waals surface area (Å²) in [7, 11) is 1.80. The van der Waals surface area contributed by atoms with Crippen LogP contribution in [-0.2, 0) is 0 Å². The number of benzene rings is 1. The zero-order chi connectivity index (χ0) is 14.0. The Morgan fingerprint density at radius 3 is 2.53 bits per heavy atom. The summed E-state index contributed by atoms with van der Waals surface area (Å²) in [5.41, 5.74) is -0.159.